The smallest absolute Gasteiger partial charge is 0.262 e. The quantitative estimate of drug-likeness (QED) is 0.399. The summed E-state index contributed by atoms with van der Waals surface area (Å²) in [6, 6.07) is 15.2. The predicted octanol–water partition coefficient (Wildman–Crippen LogP) is 4.86. The number of carbonyl (C=O) groups excluding carboxylic acids is 1. The summed E-state index contributed by atoms with van der Waals surface area (Å²) >= 11 is 7.38. The van der Waals surface area contributed by atoms with Gasteiger partial charge in [0.2, 0.25) is 5.91 Å². The lowest BCUT2D eigenvalue weighted by atomic mass is 10.0. The topological polar surface area (TPSA) is 64.0 Å². The van der Waals surface area contributed by atoms with Crippen LogP contribution < -0.4 is 10.9 Å². The number of hydrogen-bond donors (Lipinski definition) is 1. The second kappa shape index (κ2) is 10.1. The molecule has 0 fully saturated rings. The molecule has 0 bridgehead atoms. The molecule has 1 amide bonds. The number of amides is 1. The Bertz CT molecular complexity index is 1080. The number of halogens is 1. The van der Waals surface area contributed by atoms with Crippen LogP contribution in [0, 0.1) is 0 Å². The monoisotopic (exact) mass is 443 g/mol. The van der Waals surface area contributed by atoms with Gasteiger partial charge < -0.3 is 5.32 Å². The summed E-state index contributed by atoms with van der Waals surface area (Å²) in [6.45, 7) is 7.02. The van der Waals surface area contributed by atoms with Crippen molar-refractivity contribution in [3.05, 3.63) is 69.5 Å². The molecule has 2 atom stereocenters. The number of benzene rings is 2. The SMILES string of the molecule is CCCn1c(S[C@@H](C)C(=O)NC[C@H](C)c2ccccc2)nc2cc(Cl)ccc2c1=O. The number of rotatable bonds is 8. The van der Waals surface area contributed by atoms with Crippen LogP contribution in [-0.2, 0) is 11.3 Å². The second-order valence-corrected chi connectivity index (χ2v) is 9.07. The van der Waals surface area contributed by atoms with Gasteiger partial charge in [0.05, 0.1) is 16.2 Å². The van der Waals surface area contributed by atoms with Gasteiger partial charge in [-0.15, -0.1) is 0 Å². The molecule has 2 aromatic carbocycles. The van der Waals surface area contributed by atoms with Crippen molar-refractivity contribution in [2.45, 2.75) is 50.1 Å². The molecule has 0 saturated heterocycles. The Morgan fingerprint density at radius 3 is 2.63 bits per heavy atom. The largest absolute Gasteiger partial charge is 0.355 e. The number of hydrogen-bond acceptors (Lipinski definition) is 4. The van der Waals surface area contributed by atoms with Crippen molar-refractivity contribution in [1.29, 1.82) is 0 Å². The van der Waals surface area contributed by atoms with Gasteiger partial charge in [0.25, 0.3) is 5.56 Å². The first kappa shape index (κ1) is 22.4. The van der Waals surface area contributed by atoms with E-state index in [-0.39, 0.29) is 22.6 Å². The highest BCUT2D eigenvalue weighted by Crippen LogP contribution is 2.24. The molecule has 0 aliphatic carbocycles. The van der Waals surface area contributed by atoms with E-state index >= 15 is 0 Å². The summed E-state index contributed by atoms with van der Waals surface area (Å²) in [6.07, 6.45) is 0.795. The van der Waals surface area contributed by atoms with E-state index in [1.807, 2.05) is 32.0 Å². The average Bonchev–Trinajstić information content (AvgIpc) is 2.74. The average molecular weight is 444 g/mol. The predicted molar refractivity (Wildman–Crippen MR) is 124 cm³/mol. The number of nitrogens with zero attached hydrogens (tertiary/aromatic N) is 2. The summed E-state index contributed by atoms with van der Waals surface area (Å²) in [4.78, 5) is 30.3. The van der Waals surface area contributed by atoms with E-state index in [4.69, 9.17) is 11.6 Å². The fourth-order valence-electron chi connectivity index (χ4n) is 3.19. The first-order valence-corrected chi connectivity index (χ1v) is 11.4. The summed E-state index contributed by atoms with van der Waals surface area (Å²) in [5.41, 5.74) is 1.63. The van der Waals surface area contributed by atoms with E-state index in [1.54, 1.807) is 22.8 Å². The summed E-state index contributed by atoms with van der Waals surface area (Å²) < 4.78 is 1.65. The highest BCUT2D eigenvalue weighted by atomic mass is 35.5. The van der Waals surface area contributed by atoms with Crippen LogP contribution >= 0.6 is 23.4 Å². The van der Waals surface area contributed by atoms with Gasteiger partial charge in [0, 0.05) is 18.1 Å². The van der Waals surface area contributed by atoms with Crippen LogP contribution in [0.2, 0.25) is 5.02 Å². The van der Waals surface area contributed by atoms with Crippen molar-refractivity contribution in [3.8, 4) is 0 Å². The number of aromatic nitrogens is 2. The van der Waals surface area contributed by atoms with Crippen molar-refractivity contribution < 1.29 is 4.79 Å². The molecule has 1 N–H and O–H groups in total. The minimum Gasteiger partial charge on any atom is -0.355 e. The molecule has 0 aliphatic rings. The lowest BCUT2D eigenvalue weighted by molar-refractivity contribution is -0.120. The highest BCUT2D eigenvalue weighted by molar-refractivity contribution is 8.00. The number of thioether (sulfide) groups is 1. The van der Waals surface area contributed by atoms with Crippen LogP contribution in [0.1, 0.15) is 38.7 Å². The molecule has 0 saturated carbocycles. The zero-order valence-corrected chi connectivity index (χ0v) is 19.0. The van der Waals surface area contributed by atoms with E-state index in [2.05, 4.69) is 29.4 Å². The molecular weight excluding hydrogens is 418 g/mol. The fourth-order valence-corrected chi connectivity index (χ4v) is 4.32. The van der Waals surface area contributed by atoms with Gasteiger partial charge in [-0.1, -0.05) is 67.5 Å². The van der Waals surface area contributed by atoms with E-state index < -0.39 is 0 Å². The normalized spacial score (nSPS) is 13.2. The maximum atomic E-state index is 12.9. The van der Waals surface area contributed by atoms with Gasteiger partial charge in [-0.25, -0.2) is 4.98 Å². The molecule has 3 aromatic rings. The van der Waals surface area contributed by atoms with Crippen LogP contribution in [-0.4, -0.2) is 27.3 Å². The Balaban J connectivity index is 1.76. The van der Waals surface area contributed by atoms with Crippen molar-refractivity contribution in [3.63, 3.8) is 0 Å². The Hall–Kier alpha value is -2.31. The standard InChI is InChI=1S/C23H26ClN3O2S/c1-4-12-27-22(29)19-11-10-18(24)13-20(19)26-23(27)30-16(3)21(28)25-14-15(2)17-8-6-5-7-9-17/h5-11,13,15-16H,4,12,14H2,1-3H3,(H,25,28)/t15-,16-/m0/s1. The third-order valence-electron chi connectivity index (χ3n) is 4.93. The Kier molecular flexibility index (Phi) is 7.56. The van der Waals surface area contributed by atoms with Gasteiger partial charge in [-0.3, -0.25) is 14.2 Å². The lowest BCUT2D eigenvalue weighted by Crippen LogP contribution is -2.34. The number of fused-ring (bicyclic) bond motifs is 1. The molecule has 1 aromatic heterocycles. The van der Waals surface area contributed by atoms with E-state index in [0.29, 0.717) is 34.2 Å². The molecule has 0 radical (unpaired) electrons. The molecule has 7 heteroatoms. The first-order chi connectivity index (χ1) is 14.4. The summed E-state index contributed by atoms with van der Waals surface area (Å²) in [5.74, 6) is 0.137. The summed E-state index contributed by atoms with van der Waals surface area (Å²) in [7, 11) is 0. The molecule has 3 rings (SSSR count). The Morgan fingerprint density at radius 1 is 1.20 bits per heavy atom. The van der Waals surface area contributed by atoms with Gasteiger partial charge in [0.15, 0.2) is 5.16 Å². The van der Waals surface area contributed by atoms with Crippen LogP contribution in [0.4, 0.5) is 0 Å². The van der Waals surface area contributed by atoms with E-state index in [0.717, 1.165) is 6.42 Å². The molecule has 30 heavy (non-hydrogen) atoms. The Labute approximate surface area is 185 Å². The van der Waals surface area contributed by atoms with Crippen molar-refractivity contribution in [2.24, 2.45) is 0 Å². The second-order valence-electron chi connectivity index (χ2n) is 7.33. The maximum absolute atomic E-state index is 12.9. The summed E-state index contributed by atoms with van der Waals surface area (Å²) in [5, 5.41) is 4.23. The van der Waals surface area contributed by atoms with Gasteiger partial charge in [-0.05, 0) is 43.0 Å². The molecule has 0 unspecified atom stereocenters. The Morgan fingerprint density at radius 2 is 1.93 bits per heavy atom. The third-order valence-corrected chi connectivity index (χ3v) is 6.26. The minimum absolute atomic E-state index is 0.0775. The van der Waals surface area contributed by atoms with Crippen LogP contribution in [0.15, 0.2) is 58.5 Å². The number of carbonyl (C=O) groups is 1. The lowest BCUT2D eigenvalue weighted by Gasteiger charge is -2.18. The molecular formula is C23H26ClN3O2S. The van der Waals surface area contributed by atoms with E-state index in [9.17, 15) is 9.59 Å². The zero-order valence-electron chi connectivity index (χ0n) is 17.4. The van der Waals surface area contributed by atoms with Crippen LogP contribution in [0.25, 0.3) is 10.9 Å². The van der Waals surface area contributed by atoms with Gasteiger partial charge >= 0.3 is 0 Å². The van der Waals surface area contributed by atoms with Gasteiger partial charge in [-0.2, -0.15) is 0 Å². The minimum atomic E-state index is -0.389. The molecule has 0 aliphatic heterocycles. The fraction of sp³-hybridized carbons (Fsp3) is 0.348. The first-order valence-electron chi connectivity index (χ1n) is 10.1. The van der Waals surface area contributed by atoms with Gasteiger partial charge in [0.1, 0.15) is 0 Å². The van der Waals surface area contributed by atoms with Crippen molar-refractivity contribution in [1.82, 2.24) is 14.9 Å². The molecule has 1 heterocycles. The van der Waals surface area contributed by atoms with Crippen LogP contribution in [0.5, 0.6) is 0 Å². The zero-order chi connectivity index (χ0) is 21.7. The van der Waals surface area contributed by atoms with Crippen molar-refractivity contribution in [2.75, 3.05) is 6.54 Å². The highest BCUT2D eigenvalue weighted by Gasteiger charge is 2.20. The van der Waals surface area contributed by atoms with Crippen LogP contribution in [0.3, 0.4) is 0 Å². The van der Waals surface area contributed by atoms with Crippen molar-refractivity contribution >= 4 is 40.2 Å². The molecule has 5 nitrogen and oxygen atoms in total. The molecule has 158 valence electrons. The maximum Gasteiger partial charge on any atom is 0.262 e. The third kappa shape index (κ3) is 5.24. The molecule has 0 spiro atoms. The number of nitrogens with one attached hydrogen (secondary N) is 1. The van der Waals surface area contributed by atoms with E-state index in [1.165, 1.54) is 17.3 Å².